The van der Waals surface area contributed by atoms with E-state index in [-0.39, 0.29) is 17.3 Å². The van der Waals surface area contributed by atoms with Crippen LogP contribution in [0.3, 0.4) is 0 Å². The van der Waals surface area contributed by atoms with Crippen molar-refractivity contribution in [2.24, 2.45) is 0 Å². The lowest BCUT2D eigenvalue weighted by atomic mass is 9.96. The first-order chi connectivity index (χ1) is 6.99. The van der Waals surface area contributed by atoms with E-state index in [1.54, 1.807) is 0 Å². The van der Waals surface area contributed by atoms with Crippen LogP contribution in [0.15, 0.2) is 0 Å². The Morgan fingerprint density at radius 3 is 2.33 bits per heavy atom. The maximum absolute atomic E-state index is 11.7. The highest BCUT2D eigenvalue weighted by atomic mass is 32.2. The van der Waals surface area contributed by atoms with E-state index in [1.165, 1.54) is 0 Å². The molecule has 1 aliphatic carbocycles. The topological polar surface area (TPSA) is 58.2 Å². The normalized spacial score (nSPS) is 37.9. The van der Waals surface area contributed by atoms with Crippen LogP contribution in [-0.4, -0.2) is 31.8 Å². The molecule has 2 aliphatic rings. The highest BCUT2D eigenvalue weighted by Gasteiger charge is 2.38. The van der Waals surface area contributed by atoms with Crippen LogP contribution < -0.4 is 10.0 Å². The van der Waals surface area contributed by atoms with E-state index in [0.29, 0.717) is 6.04 Å². The highest BCUT2D eigenvalue weighted by Crippen LogP contribution is 2.28. The second-order valence-corrected chi connectivity index (χ2v) is 6.89. The first-order valence-corrected chi connectivity index (χ1v) is 7.31. The second kappa shape index (κ2) is 4.03. The van der Waals surface area contributed by atoms with Crippen LogP contribution in [0, 0.1) is 0 Å². The Balaban J connectivity index is 1.94. The molecule has 0 amide bonds. The standard InChI is InChI=1S/C10H20N2O2S/c1-7-3-6-10(8(2)11-7)12-15(13,14)9-4-5-9/h7-12H,3-6H2,1-2H3. The Hall–Kier alpha value is -0.130. The summed E-state index contributed by atoms with van der Waals surface area (Å²) in [6.07, 6.45) is 3.66. The molecule has 15 heavy (non-hydrogen) atoms. The van der Waals surface area contributed by atoms with Gasteiger partial charge in [0.2, 0.25) is 10.0 Å². The van der Waals surface area contributed by atoms with Gasteiger partial charge in [-0.1, -0.05) is 0 Å². The minimum Gasteiger partial charge on any atom is -0.310 e. The van der Waals surface area contributed by atoms with Gasteiger partial charge in [-0.25, -0.2) is 13.1 Å². The number of piperidine rings is 1. The van der Waals surface area contributed by atoms with Crippen molar-refractivity contribution in [3.63, 3.8) is 0 Å². The van der Waals surface area contributed by atoms with E-state index >= 15 is 0 Å². The first-order valence-electron chi connectivity index (χ1n) is 5.76. The van der Waals surface area contributed by atoms with E-state index in [4.69, 9.17) is 0 Å². The molecule has 0 aromatic heterocycles. The number of hydrogen-bond donors (Lipinski definition) is 2. The van der Waals surface area contributed by atoms with E-state index in [1.807, 2.05) is 0 Å². The van der Waals surface area contributed by atoms with Gasteiger partial charge < -0.3 is 5.32 Å². The predicted octanol–water partition coefficient (Wildman–Crippen LogP) is 0.597. The highest BCUT2D eigenvalue weighted by molar-refractivity contribution is 7.90. The van der Waals surface area contributed by atoms with Crippen molar-refractivity contribution >= 4 is 10.0 Å². The minimum absolute atomic E-state index is 0.0757. The zero-order valence-corrected chi connectivity index (χ0v) is 10.2. The SMILES string of the molecule is CC1CCC(NS(=O)(=O)C2CC2)C(C)N1. The quantitative estimate of drug-likeness (QED) is 0.749. The van der Waals surface area contributed by atoms with Gasteiger partial charge in [-0.15, -0.1) is 0 Å². The zero-order valence-electron chi connectivity index (χ0n) is 9.36. The van der Waals surface area contributed by atoms with Gasteiger partial charge in [0.1, 0.15) is 0 Å². The molecule has 1 saturated carbocycles. The lowest BCUT2D eigenvalue weighted by molar-refractivity contribution is 0.297. The molecule has 0 spiro atoms. The summed E-state index contributed by atoms with van der Waals surface area (Å²) in [6.45, 7) is 4.19. The second-order valence-electron chi connectivity index (χ2n) is 4.90. The molecule has 2 fully saturated rings. The zero-order chi connectivity index (χ0) is 11.1. The van der Waals surface area contributed by atoms with Crippen molar-refractivity contribution in [3.8, 4) is 0 Å². The van der Waals surface area contributed by atoms with Crippen molar-refractivity contribution < 1.29 is 8.42 Å². The van der Waals surface area contributed by atoms with Crippen LogP contribution in [0.5, 0.6) is 0 Å². The third-order valence-corrected chi connectivity index (χ3v) is 5.32. The average Bonchev–Trinajstić information content (AvgIpc) is 2.92. The van der Waals surface area contributed by atoms with Crippen molar-refractivity contribution in [3.05, 3.63) is 0 Å². The van der Waals surface area contributed by atoms with Crippen molar-refractivity contribution in [2.75, 3.05) is 0 Å². The summed E-state index contributed by atoms with van der Waals surface area (Å²) in [6, 6.07) is 0.816. The fourth-order valence-corrected chi connectivity index (χ4v) is 3.87. The van der Waals surface area contributed by atoms with Gasteiger partial charge in [0, 0.05) is 18.1 Å². The molecule has 3 unspecified atom stereocenters. The third-order valence-electron chi connectivity index (χ3n) is 3.34. The van der Waals surface area contributed by atoms with E-state index in [9.17, 15) is 8.42 Å². The van der Waals surface area contributed by atoms with Crippen LogP contribution >= 0.6 is 0 Å². The monoisotopic (exact) mass is 232 g/mol. The number of hydrogen-bond acceptors (Lipinski definition) is 3. The van der Waals surface area contributed by atoms with E-state index in [2.05, 4.69) is 23.9 Å². The van der Waals surface area contributed by atoms with Gasteiger partial charge >= 0.3 is 0 Å². The summed E-state index contributed by atoms with van der Waals surface area (Å²) in [4.78, 5) is 0. The molecule has 4 nitrogen and oxygen atoms in total. The fourth-order valence-electron chi connectivity index (χ4n) is 2.17. The molecule has 5 heteroatoms. The Kier molecular flexibility index (Phi) is 3.05. The van der Waals surface area contributed by atoms with Gasteiger partial charge in [0.15, 0.2) is 0 Å². The Morgan fingerprint density at radius 1 is 1.13 bits per heavy atom. The fraction of sp³-hybridized carbons (Fsp3) is 1.00. The van der Waals surface area contributed by atoms with Gasteiger partial charge in [0.25, 0.3) is 0 Å². The summed E-state index contributed by atoms with van der Waals surface area (Å²) in [5.41, 5.74) is 0. The largest absolute Gasteiger partial charge is 0.310 e. The molecule has 1 aliphatic heterocycles. The molecule has 0 bridgehead atoms. The van der Waals surface area contributed by atoms with Crippen LogP contribution in [-0.2, 0) is 10.0 Å². The van der Waals surface area contributed by atoms with Gasteiger partial charge in [0.05, 0.1) is 5.25 Å². The molecule has 3 atom stereocenters. The third kappa shape index (κ3) is 2.71. The number of nitrogens with one attached hydrogen (secondary N) is 2. The molecular weight excluding hydrogens is 212 g/mol. The molecule has 1 heterocycles. The summed E-state index contributed by atoms with van der Waals surface area (Å²) >= 11 is 0. The summed E-state index contributed by atoms with van der Waals surface area (Å²) in [7, 11) is -3.03. The maximum Gasteiger partial charge on any atom is 0.214 e. The molecule has 2 N–H and O–H groups in total. The van der Waals surface area contributed by atoms with Crippen molar-refractivity contribution in [1.29, 1.82) is 0 Å². The Morgan fingerprint density at radius 2 is 1.80 bits per heavy atom. The Bertz CT molecular complexity index is 324. The molecule has 0 aromatic rings. The average molecular weight is 232 g/mol. The minimum atomic E-state index is -3.03. The van der Waals surface area contributed by atoms with Gasteiger partial charge in [-0.3, -0.25) is 0 Å². The van der Waals surface area contributed by atoms with Crippen LogP contribution in [0.1, 0.15) is 39.5 Å². The molecule has 0 aromatic carbocycles. The van der Waals surface area contributed by atoms with Crippen molar-refractivity contribution in [2.45, 2.75) is 62.9 Å². The number of rotatable bonds is 3. The van der Waals surface area contributed by atoms with E-state index in [0.717, 1.165) is 25.7 Å². The van der Waals surface area contributed by atoms with Crippen LogP contribution in [0.4, 0.5) is 0 Å². The van der Waals surface area contributed by atoms with Crippen LogP contribution in [0.25, 0.3) is 0 Å². The summed E-state index contributed by atoms with van der Waals surface area (Å²) in [5.74, 6) is 0. The molecule has 1 saturated heterocycles. The lowest BCUT2D eigenvalue weighted by Gasteiger charge is -2.34. The smallest absolute Gasteiger partial charge is 0.214 e. The van der Waals surface area contributed by atoms with Gasteiger partial charge in [-0.2, -0.15) is 0 Å². The molecule has 0 radical (unpaired) electrons. The predicted molar refractivity (Wildman–Crippen MR) is 60.2 cm³/mol. The van der Waals surface area contributed by atoms with Crippen molar-refractivity contribution in [1.82, 2.24) is 10.0 Å². The molecular formula is C10H20N2O2S. The summed E-state index contributed by atoms with van der Waals surface area (Å²) in [5, 5.41) is 3.28. The van der Waals surface area contributed by atoms with Gasteiger partial charge in [-0.05, 0) is 39.5 Å². The Labute approximate surface area is 91.9 Å². The summed E-state index contributed by atoms with van der Waals surface area (Å²) < 4.78 is 26.3. The molecule has 88 valence electrons. The van der Waals surface area contributed by atoms with Crippen LogP contribution in [0.2, 0.25) is 0 Å². The number of sulfonamides is 1. The first kappa shape index (κ1) is 11.4. The maximum atomic E-state index is 11.7. The lowest BCUT2D eigenvalue weighted by Crippen LogP contribution is -2.55. The molecule has 2 rings (SSSR count). The van der Waals surface area contributed by atoms with E-state index < -0.39 is 10.0 Å².